The van der Waals surface area contributed by atoms with Crippen molar-refractivity contribution in [2.45, 2.75) is 39.8 Å². The highest BCUT2D eigenvalue weighted by atomic mass is 16.5. The van der Waals surface area contributed by atoms with E-state index in [1.54, 1.807) is 0 Å². The summed E-state index contributed by atoms with van der Waals surface area (Å²) < 4.78 is 5.60. The molecule has 2 aromatic rings. The number of aromatic amines is 1. The van der Waals surface area contributed by atoms with E-state index >= 15 is 0 Å². The number of hydrogen-bond donors (Lipinski definition) is 2. The van der Waals surface area contributed by atoms with Crippen LogP contribution in [-0.2, 0) is 6.54 Å². The van der Waals surface area contributed by atoms with Gasteiger partial charge in [0.15, 0.2) is 0 Å². The first-order chi connectivity index (χ1) is 9.70. The lowest BCUT2D eigenvalue weighted by Crippen LogP contribution is -2.21. The third kappa shape index (κ3) is 3.84. The van der Waals surface area contributed by atoms with Crippen LogP contribution in [0.2, 0.25) is 0 Å². The molecule has 2 rings (SSSR count). The van der Waals surface area contributed by atoms with Gasteiger partial charge < -0.3 is 10.1 Å². The fraction of sp³-hybridized carbons (Fsp3) is 0.438. The largest absolute Gasteiger partial charge is 0.494 e. The summed E-state index contributed by atoms with van der Waals surface area (Å²) in [6.07, 6.45) is 2.90. The van der Waals surface area contributed by atoms with Crippen molar-refractivity contribution in [1.29, 1.82) is 0 Å². The summed E-state index contributed by atoms with van der Waals surface area (Å²) in [5.41, 5.74) is 3.38. The Labute approximate surface area is 120 Å². The Morgan fingerprint density at radius 3 is 2.65 bits per heavy atom. The zero-order valence-electron chi connectivity index (χ0n) is 12.4. The topological polar surface area (TPSA) is 49.9 Å². The number of nitrogens with zero attached hydrogens (tertiary/aromatic N) is 1. The van der Waals surface area contributed by atoms with Gasteiger partial charge in [0.05, 0.1) is 18.5 Å². The average molecular weight is 273 g/mol. The Kier molecular flexibility index (Phi) is 5.18. The van der Waals surface area contributed by atoms with Gasteiger partial charge in [-0.25, -0.2) is 0 Å². The summed E-state index contributed by atoms with van der Waals surface area (Å²) in [4.78, 5) is 0. The standard InChI is InChI=1S/C16H23N3O/c1-4-9-20-15-7-5-13(6-8-15)16-14(11-18-19-16)10-17-12(2)3/h5-8,11-12,17H,4,9-10H2,1-3H3,(H,18,19). The van der Waals surface area contributed by atoms with E-state index in [0.29, 0.717) is 6.04 Å². The number of ether oxygens (including phenoxy) is 1. The highest BCUT2D eigenvalue weighted by Gasteiger charge is 2.08. The Morgan fingerprint density at radius 1 is 1.25 bits per heavy atom. The number of hydrogen-bond acceptors (Lipinski definition) is 3. The molecular weight excluding hydrogens is 250 g/mol. The molecule has 4 heteroatoms. The van der Waals surface area contributed by atoms with E-state index < -0.39 is 0 Å². The van der Waals surface area contributed by atoms with Crippen molar-refractivity contribution in [2.75, 3.05) is 6.61 Å². The van der Waals surface area contributed by atoms with Crippen LogP contribution < -0.4 is 10.1 Å². The molecule has 1 aromatic heterocycles. The van der Waals surface area contributed by atoms with Gasteiger partial charge in [0.25, 0.3) is 0 Å². The number of rotatable bonds is 7. The molecule has 0 radical (unpaired) electrons. The summed E-state index contributed by atoms with van der Waals surface area (Å²) in [5, 5.41) is 10.6. The summed E-state index contributed by atoms with van der Waals surface area (Å²) in [6, 6.07) is 8.61. The third-order valence-corrected chi connectivity index (χ3v) is 3.03. The Balaban J connectivity index is 2.09. The Bertz CT molecular complexity index is 517. The van der Waals surface area contributed by atoms with Crippen molar-refractivity contribution in [3.8, 4) is 17.0 Å². The lowest BCUT2D eigenvalue weighted by Gasteiger charge is -2.09. The van der Waals surface area contributed by atoms with E-state index in [9.17, 15) is 0 Å². The smallest absolute Gasteiger partial charge is 0.119 e. The van der Waals surface area contributed by atoms with Gasteiger partial charge in [0, 0.05) is 23.7 Å². The fourth-order valence-corrected chi connectivity index (χ4v) is 1.95. The molecule has 0 spiro atoms. The molecule has 0 aliphatic rings. The molecule has 0 amide bonds. The normalized spacial score (nSPS) is 11.0. The molecule has 0 saturated heterocycles. The molecule has 0 unspecified atom stereocenters. The van der Waals surface area contributed by atoms with Gasteiger partial charge in [-0.15, -0.1) is 0 Å². The summed E-state index contributed by atoms with van der Waals surface area (Å²) in [7, 11) is 0. The van der Waals surface area contributed by atoms with Crippen LogP contribution in [0.4, 0.5) is 0 Å². The van der Waals surface area contributed by atoms with Gasteiger partial charge in [-0.2, -0.15) is 5.10 Å². The van der Waals surface area contributed by atoms with Crippen molar-refractivity contribution < 1.29 is 4.74 Å². The quantitative estimate of drug-likeness (QED) is 0.813. The molecule has 0 bridgehead atoms. The van der Waals surface area contributed by atoms with Crippen LogP contribution in [0.15, 0.2) is 30.5 Å². The zero-order valence-corrected chi connectivity index (χ0v) is 12.4. The minimum absolute atomic E-state index is 0.461. The monoisotopic (exact) mass is 273 g/mol. The van der Waals surface area contributed by atoms with Gasteiger partial charge in [-0.05, 0) is 30.7 Å². The second-order valence-corrected chi connectivity index (χ2v) is 5.18. The van der Waals surface area contributed by atoms with E-state index in [1.807, 2.05) is 18.3 Å². The van der Waals surface area contributed by atoms with E-state index in [-0.39, 0.29) is 0 Å². The molecule has 0 atom stereocenters. The highest BCUT2D eigenvalue weighted by molar-refractivity contribution is 5.63. The maximum Gasteiger partial charge on any atom is 0.119 e. The molecule has 1 heterocycles. The second kappa shape index (κ2) is 7.10. The molecule has 2 N–H and O–H groups in total. The van der Waals surface area contributed by atoms with Crippen molar-refractivity contribution in [3.05, 3.63) is 36.0 Å². The number of H-pyrrole nitrogens is 1. The lowest BCUT2D eigenvalue weighted by molar-refractivity contribution is 0.317. The summed E-state index contributed by atoms with van der Waals surface area (Å²) in [6.45, 7) is 7.96. The van der Waals surface area contributed by atoms with Gasteiger partial charge in [0.2, 0.25) is 0 Å². The lowest BCUT2D eigenvalue weighted by atomic mass is 10.1. The second-order valence-electron chi connectivity index (χ2n) is 5.18. The van der Waals surface area contributed by atoms with Crippen molar-refractivity contribution in [3.63, 3.8) is 0 Å². The molecule has 4 nitrogen and oxygen atoms in total. The molecule has 1 aromatic carbocycles. The van der Waals surface area contributed by atoms with Gasteiger partial charge in [0.1, 0.15) is 5.75 Å². The molecule has 0 aliphatic carbocycles. The molecular formula is C16H23N3O. The first kappa shape index (κ1) is 14.6. The maximum absolute atomic E-state index is 5.60. The van der Waals surface area contributed by atoms with Crippen molar-refractivity contribution in [2.24, 2.45) is 0 Å². The summed E-state index contributed by atoms with van der Waals surface area (Å²) >= 11 is 0. The van der Waals surface area contributed by atoms with Crippen LogP contribution in [0.25, 0.3) is 11.3 Å². The third-order valence-electron chi connectivity index (χ3n) is 3.03. The van der Waals surface area contributed by atoms with E-state index in [0.717, 1.165) is 36.6 Å². The van der Waals surface area contributed by atoms with E-state index in [4.69, 9.17) is 4.74 Å². The average Bonchev–Trinajstić information content (AvgIpc) is 2.92. The Hall–Kier alpha value is -1.81. The van der Waals surface area contributed by atoms with Crippen LogP contribution in [0.3, 0.4) is 0 Å². The number of nitrogens with one attached hydrogen (secondary N) is 2. The fourth-order valence-electron chi connectivity index (χ4n) is 1.95. The van der Waals surface area contributed by atoms with E-state index in [1.165, 1.54) is 5.56 Å². The van der Waals surface area contributed by atoms with Crippen LogP contribution >= 0.6 is 0 Å². The predicted molar refractivity (Wildman–Crippen MR) is 81.8 cm³/mol. The van der Waals surface area contributed by atoms with Crippen LogP contribution in [0.1, 0.15) is 32.8 Å². The van der Waals surface area contributed by atoms with E-state index in [2.05, 4.69) is 48.4 Å². The SMILES string of the molecule is CCCOc1ccc(-c2[nH]ncc2CNC(C)C)cc1. The molecule has 108 valence electrons. The first-order valence-corrected chi connectivity index (χ1v) is 7.19. The predicted octanol–water partition coefficient (Wildman–Crippen LogP) is 3.36. The van der Waals surface area contributed by atoms with Crippen LogP contribution in [-0.4, -0.2) is 22.8 Å². The maximum atomic E-state index is 5.60. The molecule has 0 saturated carbocycles. The zero-order chi connectivity index (χ0) is 14.4. The van der Waals surface area contributed by atoms with Crippen molar-refractivity contribution in [1.82, 2.24) is 15.5 Å². The van der Waals surface area contributed by atoms with Crippen LogP contribution in [0, 0.1) is 0 Å². The minimum Gasteiger partial charge on any atom is -0.494 e. The van der Waals surface area contributed by atoms with Gasteiger partial charge in [-0.1, -0.05) is 20.8 Å². The Morgan fingerprint density at radius 2 is 2.00 bits per heavy atom. The molecule has 20 heavy (non-hydrogen) atoms. The number of aromatic nitrogens is 2. The molecule has 0 aliphatic heterocycles. The van der Waals surface area contributed by atoms with Gasteiger partial charge in [-0.3, -0.25) is 5.10 Å². The van der Waals surface area contributed by atoms with Gasteiger partial charge >= 0.3 is 0 Å². The van der Waals surface area contributed by atoms with Crippen LogP contribution in [0.5, 0.6) is 5.75 Å². The molecule has 0 fully saturated rings. The first-order valence-electron chi connectivity index (χ1n) is 7.19. The summed E-state index contributed by atoms with van der Waals surface area (Å²) in [5.74, 6) is 0.914. The number of benzene rings is 1. The highest BCUT2D eigenvalue weighted by Crippen LogP contribution is 2.23. The van der Waals surface area contributed by atoms with Crippen molar-refractivity contribution >= 4 is 0 Å². The minimum atomic E-state index is 0.461.